The predicted octanol–water partition coefficient (Wildman–Crippen LogP) is 7.40. The third-order valence-corrected chi connectivity index (χ3v) is 7.27. The van der Waals surface area contributed by atoms with Gasteiger partial charge in [-0.25, -0.2) is 0 Å². The lowest BCUT2D eigenvalue weighted by molar-refractivity contribution is -0.134. The second kappa shape index (κ2) is 12.2. The van der Waals surface area contributed by atoms with Crippen LogP contribution >= 0.6 is 0 Å². The molecule has 1 aliphatic rings. The lowest BCUT2D eigenvalue weighted by Gasteiger charge is -2.39. The Kier molecular flexibility index (Phi) is 9.32. The zero-order chi connectivity index (χ0) is 24.6. The van der Waals surface area contributed by atoms with E-state index in [0.717, 1.165) is 55.4 Å². The summed E-state index contributed by atoms with van der Waals surface area (Å²) in [5, 5.41) is 0. The van der Waals surface area contributed by atoms with Crippen molar-refractivity contribution in [3.8, 4) is 11.5 Å². The van der Waals surface area contributed by atoms with E-state index in [2.05, 4.69) is 37.3 Å². The summed E-state index contributed by atoms with van der Waals surface area (Å²) in [5.41, 5.74) is 4.80. The lowest BCUT2D eigenvalue weighted by atomic mass is 9.65. The van der Waals surface area contributed by atoms with Gasteiger partial charge in [-0.3, -0.25) is 4.79 Å². The van der Waals surface area contributed by atoms with Gasteiger partial charge in [0.05, 0.1) is 7.11 Å². The molecule has 0 aliphatic heterocycles. The van der Waals surface area contributed by atoms with E-state index >= 15 is 0 Å². The summed E-state index contributed by atoms with van der Waals surface area (Å²) >= 11 is 0. The average Bonchev–Trinajstić information content (AvgIpc) is 2.82. The van der Waals surface area contributed by atoms with Crippen molar-refractivity contribution in [2.24, 2.45) is 0 Å². The number of aryl methyl sites for hydroxylation is 2. The van der Waals surface area contributed by atoms with Crippen molar-refractivity contribution in [3.63, 3.8) is 0 Å². The summed E-state index contributed by atoms with van der Waals surface area (Å²) in [5.74, 6) is 1.63. The molecular weight excluding hydrogens is 424 g/mol. The molecule has 0 amide bonds. The standard InChI is InChI=1S/C30H40O4/c1-22-20-25(14-16-27(22)33-4)30(18-10-7-11-19-30)26-15-17-28(23(2)21-26)34-29(32)13-9-6-5-8-12-24(3)31/h14-17,20-21H,5-13,18-19H2,1-4H3. The van der Waals surface area contributed by atoms with Crippen LogP contribution in [0.3, 0.4) is 0 Å². The highest BCUT2D eigenvalue weighted by atomic mass is 16.5. The smallest absolute Gasteiger partial charge is 0.311 e. The Labute approximate surface area is 205 Å². The van der Waals surface area contributed by atoms with Gasteiger partial charge in [0, 0.05) is 18.3 Å². The van der Waals surface area contributed by atoms with Crippen LogP contribution in [0.1, 0.15) is 99.8 Å². The number of benzene rings is 2. The molecule has 2 aromatic carbocycles. The number of esters is 1. The molecule has 4 heteroatoms. The van der Waals surface area contributed by atoms with Crippen LogP contribution in [0.4, 0.5) is 0 Å². The van der Waals surface area contributed by atoms with Crippen molar-refractivity contribution in [2.45, 2.75) is 96.8 Å². The second-order valence-electron chi connectivity index (χ2n) is 9.90. The molecule has 184 valence electrons. The van der Waals surface area contributed by atoms with Crippen LogP contribution in [0.15, 0.2) is 36.4 Å². The van der Waals surface area contributed by atoms with E-state index in [9.17, 15) is 9.59 Å². The fourth-order valence-electron chi connectivity index (χ4n) is 5.31. The number of carbonyl (C=O) groups excluding carboxylic acids is 2. The van der Waals surface area contributed by atoms with E-state index in [1.807, 2.05) is 13.0 Å². The molecule has 0 radical (unpaired) electrons. The summed E-state index contributed by atoms with van der Waals surface area (Å²) in [6.45, 7) is 5.76. The molecule has 0 spiro atoms. The molecule has 1 saturated carbocycles. The summed E-state index contributed by atoms with van der Waals surface area (Å²) in [7, 11) is 1.72. The maximum Gasteiger partial charge on any atom is 0.311 e. The Hall–Kier alpha value is -2.62. The van der Waals surface area contributed by atoms with Crippen LogP contribution in [0.2, 0.25) is 0 Å². The van der Waals surface area contributed by atoms with Gasteiger partial charge >= 0.3 is 5.97 Å². The molecule has 1 aliphatic carbocycles. The first-order valence-corrected chi connectivity index (χ1v) is 12.8. The first-order valence-electron chi connectivity index (χ1n) is 12.8. The summed E-state index contributed by atoms with van der Waals surface area (Å²) in [6.07, 6.45) is 10.6. The maximum absolute atomic E-state index is 12.4. The van der Waals surface area contributed by atoms with Gasteiger partial charge in [0.25, 0.3) is 0 Å². The fraction of sp³-hybridized carbons (Fsp3) is 0.533. The van der Waals surface area contributed by atoms with E-state index in [-0.39, 0.29) is 17.2 Å². The number of hydrogen-bond acceptors (Lipinski definition) is 4. The third kappa shape index (κ3) is 6.49. The minimum absolute atomic E-state index is 0.0115. The number of ketones is 1. The van der Waals surface area contributed by atoms with Gasteiger partial charge in [-0.2, -0.15) is 0 Å². The second-order valence-corrected chi connectivity index (χ2v) is 9.90. The van der Waals surface area contributed by atoms with Crippen LogP contribution in [0.25, 0.3) is 0 Å². The number of unbranched alkanes of at least 4 members (excludes halogenated alkanes) is 3. The van der Waals surface area contributed by atoms with Gasteiger partial charge < -0.3 is 14.3 Å². The molecule has 0 atom stereocenters. The molecule has 0 bridgehead atoms. The number of methoxy groups -OCH3 is 1. The highest BCUT2D eigenvalue weighted by molar-refractivity contribution is 5.75. The Morgan fingerprint density at radius 3 is 1.88 bits per heavy atom. The van der Waals surface area contributed by atoms with E-state index in [0.29, 0.717) is 18.6 Å². The van der Waals surface area contributed by atoms with Crippen LogP contribution in [-0.4, -0.2) is 18.9 Å². The molecular formula is C30H40O4. The van der Waals surface area contributed by atoms with Gasteiger partial charge in [0.2, 0.25) is 0 Å². The Morgan fingerprint density at radius 1 is 0.794 bits per heavy atom. The molecule has 0 saturated heterocycles. The Bertz CT molecular complexity index is 985. The molecule has 1 fully saturated rings. The van der Waals surface area contributed by atoms with E-state index in [1.165, 1.54) is 30.4 Å². The summed E-state index contributed by atoms with van der Waals surface area (Å²) in [4.78, 5) is 23.4. The minimum Gasteiger partial charge on any atom is -0.496 e. The normalized spacial score (nSPS) is 15.1. The van der Waals surface area contributed by atoms with Gasteiger partial charge in [0.1, 0.15) is 17.3 Å². The first kappa shape index (κ1) is 26.0. The molecule has 4 nitrogen and oxygen atoms in total. The Balaban J connectivity index is 1.70. The van der Waals surface area contributed by atoms with Crippen molar-refractivity contribution < 1.29 is 19.1 Å². The molecule has 0 aromatic heterocycles. The summed E-state index contributed by atoms with van der Waals surface area (Å²) in [6, 6.07) is 12.9. The first-order chi connectivity index (χ1) is 16.4. The predicted molar refractivity (Wildman–Crippen MR) is 137 cm³/mol. The van der Waals surface area contributed by atoms with Gasteiger partial charge in [-0.1, -0.05) is 56.4 Å². The highest BCUT2D eigenvalue weighted by Crippen LogP contribution is 2.46. The van der Waals surface area contributed by atoms with Gasteiger partial charge in [-0.05, 0) is 80.8 Å². The van der Waals surface area contributed by atoms with Crippen LogP contribution in [-0.2, 0) is 15.0 Å². The number of Topliss-reactive ketones (excluding diaryl/α,β-unsaturated/α-hetero) is 1. The van der Waals surface area contributed by atoms with Crippen LogP contribution in [0.5, 0.6) is 11.5 Å². The van der Waals surface area contributed by atoms with Crippen molar-refractivity contribution in [1.82, 2.24) is 0 Å². The van der Waals surface area contributed by atoms with E-state index in [1.54, 1.807) is 14.0 Å². The molecule has 0 heterocycles. The number of hydrogen-bond donors (Lipinski definition) is 0. The van der Waals surface area contributed by atoms with Crippen LogP contribution < -0.4 is 9.47 Å². The zero-order valence-corrected chi connectivity index (χ0v) is 21.4. The zero-order valence-electron chi connectivity index (χ0n) is 21.4. The number of carbonyl (C=O) groups is 2. The molecule has 3 rings (SSSR count). The fourth-order valence-corrected chi connectivity index (χ4v) is 5.31. The third-order valence-electron chi connectivity index (χ3n) is 7.27. The number of ether oxygens (including phenoxy) is 2. The van der Waals surface area contributed by atoms with Crippen molar-refractivity contribution in [1.29, 1.82) is 0 Å². The summed E-state index contributed by atoms with van der Waals surface area (Å²) < 4.78 is 11.2. The quantitative estimate of drug-likeness (QED) is 0.197. The highest BCUT2D eigenvalue weighted by Gasteiger charge is 2.36. The number of rotatable bonds is 11. The van der Waals surface area contributed by atoms with Crippen LogP contribution in [0, 0.1) is 13.8 Å². The minimum atomic E-state index is -0.180. The SMILES string of the molecule is COc1ccc(C2(c3ccc(OC(=O)CCCCCCC(C)=O)c(C)c3)CCCCC2)cc1C. The average molecular weight is 465 g/mol. The Morgan fingerprint density at radius 2 is 1.35 bits per heavy atom. The van der Waals surface area contributed by atoms with Gasteiger partial charge in [0.15, 0.2) is 0 Å². The van der Waals surface area contributed by atoms with Crippen molar-refractivity contribution in [3.05, 3.63) is 58.7 Å². The topological polar surface area (TPSA) is 52.6 Å². The lowest BCUT2D eigenvalue weighted by Crippen LogP contribution is -2.30. The molecule has 34 heavy (non-hydrogen) atoms. The van der Waals surface area contributed by atoms with Gasteiger partial charge in [-0.15, -0.1) is 0 Å². The molecule has 0 N–H and O–H groups in total. The van der Waals surface area contributed by atoms with Crippen molar-refractivity contribution >= 4 is 11.8 Å². The molecule has 2 aromatic rings. The largest absolute Gasteiger partial charge is 0.496 e. The maximum atomic E-state index is 12.4. The van der Waals surface area contributed by atoms with Crippen molar-refractivity contribution in [2.75, 3.05) is 7.11 Å². The monoisotopic (exact) mass is 464 g/mol. The van der Waals surface area contributed by atoms with E-state index < -0.39 is 0 Å². The molecule has 0 unspecified atom stereocenters. The van der Waals surface area contributed by atoms with E-state index in [4.69, 9.17) is 9.47 Å².